The van der Waals surface area contributed by atoms with Crippen molar-refractivity contribution in [3.05, 3.63) is 66.3 Å². The highest BCUT2D eigenvalue weighted by atomic mass is 28.4. The van der Waals surface area contributed by atoms with Crippen molar-refractivity contribution in [2.75, 3.05) is 7.11 Å². The monoisotopic (exact) mass is 933 g/mol. The molecule has 0 N–H and O–H groups in total. The fourth-order valence-electron chi connectivity index (χ4n) is 5.92. The Labute approximate surface area is 387 Å². The lowest BCUT2D eigenvalue weighted by Crippen LogP contribution is -2.52. The number of aldehydes is 1. The molecular weight excluding hydrogens is 837 g/mol. The zero-order chi connectivity index (χ0) is 48.5. The smallest absolute Gasteiger partial charge is 0.193 e. The topological polar surface area (TPSA) is 72.5 Å². The van der Waals surface area contributed by atoms with E-state index in [1.165, 1.54) is 0 Å². The number of methoxy groups -OCH3 is 1. The normalized spacial score (nSPS) is 17.9. The maximum Gasteiger partial charge on any atom is 0.193 e. The number of hydrogen-bond acceptors (Lipinski definition) is 7. The molecule has 0 amide bonds. The molecule has 11 heteroatoms. The summed E-state index contributed by atoms with van der Waals surface area (Å²) < 4.78 is 41.6. The van der Waals surface area contributed by atoms with Gasteiger partial charge < -0.3 is 32.0 Å². The van der Waals surface area contributed by atoms with Crippen LogP contribution in [-0.4, -0.2) is 77.2 Å². The highest BCUT2D eigenvalue weighted by molar-refractivity contribution is 6.75. The van der Waals surface area contributed by atoms with Gasteiger partial charge in [-0.1, -0.05) is 133 Å². The van der Waals surface area contributed by atoms with Gasteiger partial charge in [-0.3, -0.25) is 0 Å². The van der Waals surface area contributed by atoms with Gasteiger partial charge in [0.15, 0.2) is 33.3 Å². The molecule has 0 aliphatic rings. The van der Waals surface area contributed by atoms with E-state index in [-0.39, 0.29) is 62.5 Å². The predicted molar refractivity (Wildman–Crippen MR) is 277 cm³/mol. The minimum absolute atomic E-state index is 0.00813. The first kappa shape index (κ1) is 58.6. The van der Waals surface area contributed by atoms with Crippen LogP contribution in [-0.2, 0) is 33.8 Å². The Morgan fingerprint density at radius 3 is 1.50 bits per heavy atom. The van der Waals surface area contributed by atoms with Gasteiger partial charge >= 0.3 is 0 Å². The lowest BCUT2D eigenvalue weighted by molar-refractivity contribution is -0.112. The third-order valence-corrected chi connectivity index (χ3v) is 32.5. The second-order valence-corrected chi connectivity index (χ2v) is 43.1. The first-order valence-corrected chi connectivity index (χ1v) is 34.9. The van der Waals surface area contributed by atoms with Gasteiger partial charge in [-0.15, -0.1) is 6.58 Å². The van der Waals surface area contributed by atoms with Crippen LogP contribution in [0, 0.1) is 11.8 Å². The van der Waals surface area contributed by atoms with Gasteiger partial charge in [0.2, 0.25) is 0 Å². The SMILES string of the molecule is C=CC[C@@H](C[C@@H](O[Si](C)(C)C(C)(C)C)[C@H](/C=C(\C)[C@H](O[Si](C)(C)C(C)(C)C)[C@@H](C)/C=C/[C@H](O[Si](C)(C)C(C)(C)C)[C@@H](C)C=O)O[Si](C)(C)C(C)(C)C)OCc1ccc(OC)cc1. The molecule has 7 nitrogen and oxygen atoms in total. The molecule has 0 bridgehead atoms. The second-order valence-electron chi connectivity index (χ2n) is 24.1. The van der Waals surface area contributed by atoms with Gasteiger partial charge in [-0.05, 0) is 109 Å². The summed E-state index contributed by atoms with van der Waals surface area (Å²) in [6, 6.07) is 8.07. The number of carbonyl (C=O) groups is 1. The lowest BCUT2D eigenvalue weighted by Gasteiger charge is -2.46. The molecule has 0 radical (unpaired) electrons. The van der Waals surface area contributed by atoms with Crippen LogP contribution in [0.25, 0.3) is 0 Å². The Morgan fingerprint density at radius 1 is 0.645 bits per heavy atom. The van der Waals surface area contributed by atoms with Crippen LogP contribution < -0.4 is 4.74 Å². The minimum atomic E-state index is -2.37. The number of rotatable bonds is 24. The Hall–Kier alpha value is -1.42. The fourth-order valence-corrected chi connectivity index (χ4v) is 11.2. The van der Waals surface area contributed by atoms with Gasteiger partial charge in [0.05, 0.1) is 44.2 Å². The Kier molecular flexibility index (Phi) is 21.6. The van der Waals surface area contributed by atoms with E-state index in [4.69, 9.17) is 27.2 Å². The molecule has 0 aliphatic heterocycles. The zero-order valence-corrected chi connectivity index (χ0v) is 48.4. The molecule has 0 aromatic heterocycles. The van der Waals surface area contributed by atoms with Crippen molar-refractivity contribution in [1.29, 1.82) is 0 Å². The van der Waals surface area contributed by atoms with E-state index >= 15 is 0 Å². The molecule has 0 saturated carbocycles. The molecule has 0 unspecified atom stereocenters. The number of ether oxygens (including phenoxy) is 2. The molecule has 0 heterocycles. The van der Waals surface area contributed by atoms with Crippen LogP contribution in [0.3, 0.4) is 0 Å². The molecule has 358 valence electrons. The minimum Gasteiger partial charge on any atom is -0.497 e. The van der Waals surface area contributed by atoms with Gasteiger partial charge in [-0.2, -0.15) is 0 Å². The van der Waals surface area contributed by atoms with Crippen molar-refractivity contribution < 1.29 is 32.0 Å². The first-order valence-electron chi connectivity index (χ1n) is 23.2. The van der Waals surface area contributed by atoms with E-state index in [0.717, 1.165) is 23.2 Å². The molecule has 0 spiro atoms. The van der Waals surface area contributed by atoms with E-state index in [9.17, 15) is 4.79 Å². The average molecular weight is 934 g/mol. The maximum atomic E-state index is 12.3. The Balaban J connectivity index is 4.13. The zero-order valence-electron chi connectivity index (χ0n) is 44.4. The molecular formula is C51H96O7Si4. The van der Waals surface area contributed by atoms with Crippen molar-refractivity contribution in [2.24, 2.45) is 11.8 Å². The molecule has 1 aromatic carbocycles. The summed E-state index contributed by atoms with van der Waals surface area (Å²) >= 11 is 0. The summed E-state index contributed by atoms with van der Waals surface area (Å²) in [6.45, 7) is 56.9. The van der Waals surface area contributed by atoms with Crippen molar-refractivity contribution >= 4 is 39.6 Å². The van der Waals surface area contributed by atoms with Crippen LogP contribution in [0.15, 0.2) is 60.7 Å². The maximum absolute atomic E-state index is 12.3. The molecule has 1 rings (SSSR count). The van der Waals surface area contributed by atoms with Crippen molar-refractivity contribution in [1.82, 2.24) is 0 Å². The molecule has 0 aliphatic carbocycles. The molecule has 1 aromatic rings. The van der Waals surface area contributed by atoms with E-state index in [2.05, 4.69) is 186 Å². The molecule has 0 fully saturated rings. The van der Waals surface area contributed by atoms with E-state index in [1.54, 1.807) is 7.11 Å². The first-order chi connectivity index (χ1) is 27.9. The molecule has 7 atom stereocenters. The van der Waals surface area contributed by atoms with Crippen LogP contribution in [0.5, 0.6) is 5.75 Å². The summed E-state index contributed by atoms with van der Waals surface area (Å²) in [6.07, 6.45) is 9.60. The van der Waals surface area contributed by atoms with Crippen molar-refractivity contribution in [3.8, 4) is 5.75 Å². The summed E-state index contributed by atoms with van der Waals surface area (Å²) in [4.78, 5) is 12.3. The predicted octanol–water partition coefficient (Wildman–Crippen LogP) is 15.1. The van der Waals surface area contributed by atoms with Crippen LogP contribution in [0.4, 0.5) is 0 Å². The van der Waals surface area contributed by atoms with E-state index in [0.29, 0.717) is 19.4 Å². The third kappa shape index (κ3) is 17.4. The number of benzene rings is 1. The third-order valence-electron chi connectivity index (χ3n) is 14.6. The molecule has 62 heavy (non-hydrogen) atoms. The summed E-state index contributed by atoms with van der Waals surface area (Å²) in [5.41, 5.74) is 2.20. The highest BCUT2D eigenvalue weighted by Crippen LogP contribution is 2.44. The summed E-state index contributed by atoms with van der Waals surface area (Å²) in [7, 11) is -7.50. The summed E-state index contributed by atoms with van der Waals surface area (Å²) in [5, 5.41) is -0.0763. The summed E-state index contributed by atoms with van der Waals surface area (Å²) in [5.74, 6) is 0.511. The largest absolute Gasteiger partial charge is 0.497 e. The van der Waals surface area contributed by atoms with Gasteiger partial charge in [-0.25, -0.2) is 0 Å². The second kappa shape index (κ2) is 22.9. The number of carbonyl (C=O) groups excluding carboxylic acids is 1. The van der Waals surface area contributed by atoms with Gasteiger partial charge in [0.1, 0.15) is 12.0 Å². The standard InChI is InChI=1S/C51H96O7Si4/c1-26-27-43(54-37-41-29-31-42(53-17)32-30-41)35-46(57-61(22,23)50(11,12)13)45(56-60(20,21)49(8,9)10)34-39(3)47(58-62(24,25)51(14,15)16)38(2)28-33-44(40(4)36-52)55-59(18,19)48(5,6)7/h26,28-34,36,38,40,43-47H,1,27,35,37H2,2-25H3/b33-28+,39-34+/t38-,40-,43-,44-,45-,46+,47+/m0/s1. The van der Waals surface area contributed by atoms with E-state index in [1.807, 2.05) is 25.1 Å². The van der Waals surface area contributed by atoms with Crippen LogP contribution in [0.2, 0.25) is 72.5 Å². The molecule has 0 saturated heterocycles. The Morgan fingerprint density at radius 2 is 1.08 bits per heavy atom. The van der Waals surface area contributed by atoms with Gasteiger partial charge in [0.25, 0.3) is 0 Å². The van der Waals surface area contributed by atoms with Crippen molar-refractivity contribution in [3.63, 3.8) is 0 Å². The Bertz CT molecular complexity index is 1590. The lowest BCUT2D eigenvalue weighted by atomic mass is 9.94. The quantitative estimate of drug-likeness (QED) is 0.0581. The van der Waals surface area contributed by atoms with Crippen molar-refractivity contribution in [2.45, 2.75) is 226 Å². The van der Waals surface area contributed by atoms with Gasteiger partial charge in [0, 0.05) is 18.3 Å². The van der Waals surface area contributed by atoms with Crippen LogP contribution in [0.1, 0.15) is 122 Å². The fraction of sp³-hybridized carbons (Fsp3) is 0.745. The average Bonchev–Trinajstić information content (AvgIpc) is 3.11. The van der Waals surface area contributed by atoms with Crippen LogP contribution >= 0.6 is 0 Å². The van der Waals surface area contributed by atoms with E-state index < -0.39 is 33.3 Å². The highest BCUT2D eigenvalue weighted by Gasteiger charge is 2.46. The number of hydrogen-bond donors (Lipinski definition) is 0.